The number of hydrogen-bond acceptors (Lipinski definition) is 4. The average molecular weight is 276 g/mol. The van der Waals surface area contributed by atoms with Gasteiger partial charge in [0.15, 0.2) is 5.69 Å². The highest BCUT2D eigenvalue weighted by Gasteiger charge is 2.20. The SMILES string of the molecule is Cc1nn(C(C)C)c(C)c1NC(=O)c1n[nH]c(C)c1N. The molecule has 20 heavy (non-hydrogen) atoms. The van der Waals surface area contributed by atoms with Gasteiger partial charge in [0.25, 0.3) is 5.91 Å². The van der Waals surface area contributed by atoms with Crippen molar-refractivity contribution in [1.29, 1.82) is 0 Å². The minimum Gasteiger partial charge on any atom is -0.395 e. The molecule has 0 unspecified atom stereocenters. The molecule has 7 heteroatoms. The zero-order valence-electron chi connectivity index (χ0n) is 12.4. The molecule has 2 rings (SSSR count). The van der Waals surface area contributed by atoms with Crippen molar-refractivity contribution in [3.05, 3.63) is 22.8 Å². The lowest BCUT2D eigenvalue weighted by Gasteiger charge is -2.09. The summed E-state index contributed by atoms with van der Waals surface area (Å²) in [5.74, 6) is -0.332. The van der Waals surface area contributed by atoms with Gasteiger partial charge in [0.05, 0.1) is 28.5 Å². The Morgan fingerprint density at radius 2 is 2.00 bits per heavy atom. The van der Waals surface area contributed by atoms with Crippen LogP contribution in [0.2, 0.25) is 0 Å². The van der Waals surface area contributed by atoms with E-state index >= 15 is 0 Å². The summed E-state index contributed by atoms with van der Waals surface area (Å²) in [5, 5.41) is 13.9. The highest BCUT2D eigenvalue weighted by atomic mass is 16.2. The van der Waals surface area contributed by atoms with E-state index in [2.05, 4.69) is 20.6 Å². The molecule has 0 aromatic carbocycles. The number of carbonyl (C=O) groups excluding carboxylic acids is 1. The lowest BCUT2D eigenvalue weighted by Crippen LogP contribution is -2.15. The molecule has 0 spiro atoms. The van der Waals surface area contributed by atoms with Crippen molar-refractivity contribution in [2.75, 3.05) is 11.1 Å². The highest BCUT2D eigenvalue weighted by Crippen LogP contribution is 2.23. The second-order valence-corrected chi connectivity index (χ2v) is 5.15. The molecular formula is C13H20N6O. The average Bonchev–Trinajstić information content (AvgIpc) is 2.84. The van der Waals surface area contributed by atoms with Gasteiger partial charge in [0, 0.05) is 6.04 Å². The maximum Gasteiger partial charge on any atom is 0.278 e. The molecule has 0 aliphatic heterocycles. The number of nitrogens with one attached hydrogen (secondary N) is 2. The fraction of sp³-hybridized carbons (Fsp3) is 0.462. The number of nitrogens with zero attached hydrogens (tertiary/aromatic N) is 3. The quantitative estimate of drug-likeness (QED) is 0.797. The van der Waals surface area contributed by atoms with Gasteiger partial charge in [-0.1, -0.05) is 0 Å². The Morgan fingerprint density at radius 3 is 2.45 bits per heavy atom. The van der Waals surface area contributed by atoms with Crippen LogP contribution in [0, 0.1) is 20.8 Å². The normalized spacial score (nSPS) is 11.1. The van der Waals surface area contributed by atoms with Crippen LogP contribution in [0.25, 0.3) is 0 Å². The highest BCUT2D eigenvalue weighted by molar-refractivity contribution is 6.07. The molecule has 2 aromatic rings. The summed E-state index contributed by atoms with van der Waals surface area (Å²) in [5.41, 5.74) is 9.47. The van der Waals surface area contributed by atoms with Crippen LogP contribution in [0.3, 0.4) is 0 Å². The van der Waals surface area contributed by atoms with Crippen molar-refractivity contribution in [2.45, 2.75) is 40.7 Å². The molecule has 0 saturated carbocycles. The standard InChI is InChI=1S/C13H20N6O/c1-6(2)19-9(5)11(8(4)18-19)15-13(20)12-10(14)7(3)16-17-12/h6H,14H2,1-5H3,(H,15,20)(H,16,17). The number of anilines is 2. The van der Waals surface area contributed by atoms with E-state index in [-0.39, 0.29) is 17.6 Å². The van der Waals surface area contributed by atoms with Crippen LogP contribution >= 0.6 is 0 Å². The number of aryl methyl sites for hydroxylation is 2. The van der Waals surface area contributed by atoms with Crippen LogP contribution in [-0.2, 0) is 0 Å². The van der Waals surface area contributed by atoms with Gasteiger partial charge in [-0.3, -0.25) is 14.6 Å². The van der Waals surface area contributed by atoms with E-state index in [1.54, 1.807) is 6.92 Å². The summed E-state index contributed by atoms with van der Waals surface area (Å²) in [6.45, 7) is 9.64. The van der Waals surface area contributed by atoms with Gasteiger partial charge in [-0.15, -0.1) is 0 Å². The van der Waals surface area contributed by atoms with Gasteiger partial charge in [-0.2, -0.15) is 10.2 Å². The summed E-state index contributed by atoms with van der Waals surface area (Å²) < 4.78 is 1.88. The molecule has 108 valence electrons. The molecule has 1 amide bonds. The van der Waals surface area contributed by atoms with E-state index < -0.39 is 0 Å². The molecule has 0 radical (unpaired) electrons. The Balaban J connectivity index is 2.31. The van der Waals surface area contributed by atoms with Gasteiger partial charge < -0.3 is 11.1 Å². The van der Waals surface area contributed by atoms with E-state index in [1.165, 1.54) is 0 Å². The Kier molecular flexibility index (Phi) is 3.52. The predicted octanol–water partition coefficient (Wildman–Crippen LogP) is 1.95. The molecule has 2 heterocycles. The van der Waals surface area contributed by atoms with Crippen LogP contribution in [0.1, 0.15) is 47.5 Å². The first-order valence-electron chi connectivity index (χ1n) is 6.50. The van der Waals surface area contributed by atoms with Gasteiger partial charge in [0.2, 0.25) is 0 Å². The first-order valence-corrected chi connectivity index (χ1v) is 6.50. The van der Waals surface area contributed by atoms with E-state index in [0.29, 0.717) is 17.1 Å². The fourth-order valence-electron chi connectivity index (χ4n) is 2.13. The Bertz CT molecular complexity index is 652. The minimum atomic E-state index is -0.332. The van der Waals surface area contributed by atoms with Crippen LogP contribution in [0.15, 0.2) is 0 Å². The van der Waals surface area contributed by atoms with Crippen LogP contribution in [0.5, 0.6) is 0 Å². The molecule has 0 bridgehead atoms. The van der Waals surface area contributed by atoms with Gasteiger partial charge in [-0.25, -0.2) is 0 Å². The second-order valence-electron chi connectivity index (χ2n) is 5.15. The fourth-order valence-corrected chi connectivity index (χ4v) is 2.13. The van der Waals surface area contributed by atoms with Gasteiger partial charge in [0.1, 0.15) is 0 Å². The Labute approximate surface area is 117 Å². The number of hydrogen-bond donors (Lipinski definition) is 3. The minimum absolute atomic E-state index is 0.207. The Hall–Kier alpha value is -2.31. The third-order valence-electron chi connectivity index (χ3n) is 3.26. The molecule has 0 atom stereocenters. The van der Waals surface area contributed by atoms with Crippen molar-refractivity contribution in [3.63, 3.8) is 0 Å². The number of carbonyl (C=O) groups is 1. The molecule has 2 aromatic heterocycles. The summed E-state index contributed by atoms with van der Waals surface area (Å²) in [6.07, 6.45) is 0. The van der Waals surface area contributed by atoms with E-state index in [4.69, 9.17) is 5.73 Å². The third kappa shape index (κ3) is 2.26. The number of nitrogen functional groups attached to an aromatic ring is 1. The van der Waals surface area contributed by atoms with Gasteiger partial charge in [-0.05, 0) is 34.6 Å². The molecule has 0 aliphatic rings. The second kappa shape index (κ2) is 4.99. The monoisotopic (exact) mass is 276 g/mol. The number of nitrogens with two attached hydrogens (primary N) is 1. The largest absolute Gasteiger partial charge is 0.395 e. The number of rotatable bonds is 3. The summed E-state index contributed by atoms with van der Waals surface area (Å²) in [4.78, 5) is 12.2. The molecule has 7 nitrogen and oxygen atoms in total. The molecule has 0 fully saturated rings. The summed E-state index contributed by atoms with van der Waals surface area (Å²) in [6, 6.07) is 0.233. The van der Waals surface area contributed by atoms with Crippen LogP contribution < -0.4 is 11.1 Å². The number of amides is 1. The maximum absolute atomic E-state index is 12.2. The molecule has 0 saturated heterocycles. The number of H-pyrrole nitrogens is 1. The lowest BCUT2D eigenvalue weighted by molar-refractivity contribution is 0.102. The predicted molar refractivity (Wildman–Crippen MR) is 77.8 cm³/mol. The number of aromatic amines is 1. The molecular weight excluding hydrogens is 256 g/mol. The smallest absolute Gasteiger partial charge is 0.278 e. The van der Waals surface area contributed by atoms with Crippen molar-refractivity contribution >= 4 is 17.3 Å². The van der Waals surface area contributed by atoms with E-state index in [1.807, 2.05) is 32.4 Å². The van der Waals surface area contributed by atoms with E-state index in [0.717, 1.165) is 11.4 Å². The molecule has 0 aliphatic carbocycles. The summed E-state index contributed by atoms with van der Waals surface area (Å²) >= 11 is 0. The first-order chi connectivity index (χ1) is 9.32. The van der Waals surface area contributed by atoms with E-state index in [9.17, 15) is 4.79 Å². The zero-order chi connectivity index (χ0) is 15.0. The zero-order valence-corrected chi connectivity index (χ0v) is 12.4. The lowest BCUT2D eigenvalue weighted by atomic mass is 10.2. The number of aromatic nitrogens is 4. The van der Waals surface area contributed by atoms with Crippen molar-refractivity contribution in [1.82, 2.24) is 20.0 Å². The van der Waals surface area contributed by atoms with Crippen molar-refractivity contribution in [3.8, 4) is 0 Å². The maximum atomic E-state index is 12.2. The van der Waals surface area contributed by atoms with Crippen molar-refractivity contribution < 1.29 is 4.79 Å². The van der Waals surface area contributed by atoms with Crippen molar-refractivity contribution in [2.24, 2.45) is 0 Å². The third-order valence-corrected chi connectivity index (χ3v) is 3.26. The van der Waals surface area contributed by atoms with Gasteiger partial charge >= 0.3 is 0 Å². The van der Waals surface area contributed by atoms with Crippen LogP contribution in [-0.4, -0.2) is 25.9 Å². The topological polar surface area (TPSA) is 102 Å². The molecule has 4 N–H and O–H groups in total. The summed E-state index contributed by atoms with van der Waals surface area (Å²) in [7, 11) is 0. The Morgan fingerprint density at radius 1 is 1.35 bits per heavy atom. The van der Waals surface area contributed by atoms with Crippen LogP contribution in [0.4, 0.5) is 11.4 Å². The first kappa shape index (κ1) is 14.1.